The van der Waals surface area contributed by atoms with E-state index in [1.54, 1.807) is 29.4 Å². The third-order valence-electron chi connectivity index (χ3n) is 4.26. The normalized spacial score (nSPS) is 17.8. The van der Waals surface area contributed by atoms with Gasteiger partial charge in [0.2, 0.25) is 5.91 Å². The maximum Gasteiger partial charge on any atom is 0.254 e. The number of hydrogen-bond donors (Lipinski definition) is 2. The summed E-state index contributed by atoms with van der Waals surface area (Å²) in [6.07, 6.45) is 1.60. The van der Waals surface area contributed by atoms with Crippen molar-refractivity contribution in [3.63, 3.8) is 0 Å². The topological polar surface area (TPSA) is 78.1 Å². The molecule has 24 heavy (non-hydrogen) atoms. The number of H-pyrrole nitrogens is 1. The molecule has 0 radical (unpaired) electrons. The fourth-order valence-electron chi connectivity index (χ4n) is 3.09. The summed E-state index contributed by atoms with van der Waals surface area (Å²) in [4.78, 5) is 34.2. The molecular weight excluding hydrogens is 304 g/mol. The van der Waals surface area contributed by atoms with E-state index in [2.05, 4.69) is 15.3 Å². The van der Waals surface area contributed by atoms with Crippen LogP contribution in [0.4, 0.5) is 0 Å². The molecule has 2 heterocycles. The zero-order valence-corrected chi connectivity index (χ0v) is 12.9. The Labute approximate surface area is 138 Å². The summed E-state index contributed by atoms with van der Waals surface area (Å²) in [5.74, 6) is -0.307. The monoisotopic (exact) mass is 320 g/mol. The Kier molecular flexibility index (Phi) is 3.49. The number of imidazole rings is 1. The molecule has 1 aromatic heterocycles. The van der Waals surface area contributed by atoms with Crippen molar-refractivity contribution in [1.82, 2.24) is 20.2 Å². The zero-order valence-electron chi connectivity index (χ0n) is 12.9. The van der Waals surface area contributed by atoms with Crippen molar-refractivity contribution in [2.75, 3.05) is 13.1 Å². The lowest BCUT2D eigenvalue weighted by atomic mass is 10.0. The second-order valence-electron chi connectivity index (χ2n) is 5.74. The number of hydrogen-bond acceptors (Lipinski definition) is 3. The van der Waals surface area contributed by atoms with Crippen LogP contribution in [0.1, 0.15) is 22.0 Å². The molecule has 4 rings (SSSR count). The first-order valence-electron chi connectivity index (χ1n) is 7.81. The number of carbonyl (C=O) groups is 2. The number of carbonyl (C=O) groups excluding carboxylic acids is 2. The highest BCUT2D eigenvalue weighted by Crippen LogP contribution is 2.25. The van der Waals surface area contributed by atoms with Gasteiger partial charge < -0.3 is 15.2 Å². The summed E-state index contributed by atoms with van der Waals surface area (Å²) >= 11 is 0. The Morgan fingerprint density at radius 1 is 1.17 bits per heavy atom. The Morgan fingerprint density at radius 3 is 2.83 bits per heavy atom. The van der Waals surface area contributed by atoms with Gasteiger partial charge in [0, 0.05) is 18.7 Å². The van der Waals surface area contributed by atoms with Crippen LogP contribution in [0.5, 0.6) is 0 Å². The maximum absolute atomic E-state index is 13.0. The number of aromatic amines is 1. The van der Waals surface area contributed by atoms with E-state index in [4.69, 9.17) is 0 Å². The molecule has 0 bridgehead atoms. The van der Waals surface area contributed by atoms with Gasteiger partial charge in [-0.25, -0.2) is 4.98 Å². The van der Waals surface area contributed by atoms with Gasteiger partial charge in [-0.1, -0.05) is 30.3 Å². The molecule has 0 spiro atoms. The van der Waals surface area contributed by atoms with Gasteiger partial charge in [0.1, 0.15) is 6.04 Å². The van der Waals surface area contributed by atoms with Crippen molar-refractivity contribution in [3.05, 3.63) is 66.0 Å². The SMILES string of the molecule is O=C1NCCN(C(=O)c2ccc3nc[nH]c3c2)C1c1ccccc1. The first-order valence-corrected chi connectivity index (χ1v) is 7.81. The average Bonchev–Trinajstić information content (AvgIpc) is 3.09. The van der Waals surface area contributed by atoms with Gasteiger partial charge in [0.15, 0.2) is 0 Å². The van der Waals surface area contributed by atoms with Crippen molar-refractivity contribution in [3.8, 4) is 0 Å². The third kappa shape index (κ3) is 2.42. The lowest BCUT2D eigenvalue weighted by molar-refractivity contribution is -0.128. The molecule has 120 valence electrons. The van der Waals surface area contributed by atoms with Crippen LogP contribution in [0.2, 0.25) is 0 Å². The van der Waals surface area contributed by atoms with Crippen LogP contribution in [0.15, 0.2) is 54.9 Å². The fourth-order valence-corrected chi connectivity index (χ4v) is 3.09. The minimum absolute atomic E-state index is 0.150. The molecule has 1 aliphatic heterocycles. The summed E-state index contributed by atoms with van der Waals surface area (Å²) in [6, 6.07) is 14.1. The van der Waals surface area contributed by atoms with Gasteiger partial charge in [-0.15, -0.1) is 0 Å². The summed E-state index contributed by atoms with van der Waals surface area (Å²) in [6.45, 7) is 0.936. The van der Waals surface area contributed by atoms with E-state index in [1.807, 2.05) is 30.3 Å². The highest BCUT2D eigenvalue weighted by molar-refractivity contribution is 6.00. The van der Waals surface area contributed by atoms with Gasteiger partial charge in [-0.2, -0.15) is 0 Å². The Morgan fingerprint density at radius 2 is 2.00 bits per heavy atom. The van der Waals surface area contributed by atoms with E-state index in [1.165, 1.54) is 0 Å². The molecule has 2 aromatic carbocycles. The first-order chi connectivity index (χ1) is 11.7. The van der Waals surface area contributed by atoms with E-state index in [0.29, 0.717) is 18.7 Å². The summed E-state index contributed by atoms with van der Waals surface area (Å²) in [5, 5.41) is 2.84. The van der Waals surface area contributed by atoms with Crippen LogP contribution in [0, 0.1) is 0 Å². The number of nitrogens with zero attached hydrogens (tertiary/aromatic N) is 2. The Bertz CT molecular complexity index is 904. The minimum atomic E-state index is -0.607. The predicted octanol–water partition coefficient (Wildman–Crippen LogP) is 1.88. The lowest BCUT2D eigenvalue weighted by Gasteiger charge is -2.35. The average molecular weight is 320 g/mol. The maximum atomic E-state index is 13.0. The molecule has 2 amide bonds. The third-order valence-corrected chi connectivity index (χ3v) is 4.26. The van der Waals surface area contributed by atoms with Crippen LogP contribution in [-0.2, 0) is 4.79 Å². The van der Waals surface area contributed by atoms with Crippen LogP contribution in [0.25, 0.3) is 11.0 Å². The fraction of sp³-hybridized carbons (Fsp3) is 0.167. The number of amides is 2. The number of fused-ring (bicyclic) bond motifs is 1. The van der Waals surface area contributed by atoms with Crippen LogP contribution >= 0.6 is 0 Å². The van der Waals surface area contributed by atoms with Crippen LogP contribution in [0.3, 0.4) is 0 Å². The number of piperazine rings is 1. The minimum Gasteiger partial charge on any atom is -0.352 e. The molecular formula is C18H16N4O2. The van der Waals surface area contributed by atoms with E-state index in [9.17, 15) is 9.59 Å². The summed E-state index contributed by atoms with van der Waals surface area (Å²) in [7, 11) is 0. The molecule has 1 fully saturated rings. The van der Waals surface area contributed by atoms with Gasteiger partial charge in [0.25, 0.3) is 5.91 Å². The number of aromatic nitrogens is 2. The largest absolute Gasteiger partial charge is 0.352 e. The van der Waals surface area contributed by atoms with Crippen molar-refractivity contribution in [2.24, 2.45) is 0 Å². The number of rotatable bonds is 2. The molecule has 6 heteroatoms. The lowest BCUT2D eigenvalue weighted by Crippen LogP contribution is -2.52. The van der Waals surface area contributed by atoms with Crippen LogP contribution < -0.4 is 5.32 Å². The first kappa shape index (κ1) is 14.4. The van der Waals surface area contributed by atoms with E-state index < -0.39 is 6.04 Å². The molecule has 1 unspecified atom stereocenters. The summed E-state index contributed by atoms with van der Waals surface area (Å²) < 4.78 is 0. The molecule has 1 aliphatic rings. The highest BCUT2D eigenvalue weighted by Gasteiger charge is 2.34. The van der Waals surface area contributed by atoms with Crippen LogP contribution in [-0.4, -0.2) is 39.8 Å². The number of nitrogens with one attached hydrogen (secondary N) is 2. The highest BCUT2D eigenvalue weighted by atomic mass is 16.2. The standard InChI is InChI=1S/C18H16N4O2/c23-17-16(12-4-2-1-3-5-12)22(9-8-19-17)18(24)13-6-7-14-15(10-13)21-11-20-14/h1-7,10-11,16H,8-9H2,(H,19,23)(H,20,21). The summed E-state index contributed by atoms with van der Waals surface area (Å²) in [5.41, 5.74) is 2.97. The van der Waals surface area contributed by atoms with Crippen molar-refractivity contribution in [1.29, 1.82) is 0 Å². The molecule has 6 nitrogen and oxygen atoms in total. The second-order valence-corrected chi connectivity index (χ2v) is 5.74. The molecule has 0 saturated carbocycles. The number of benzene rings is 2. The van der Waals surface area contributed by atoms with Gasteiger partial charge in [0.05, 0.1) is 17.4 Å². The Balaban J connectivity index is 1.71. The van der Waals surface area contributed by atoms with Gasteiger partial charge in [-0.05, 0) is 23.8 Å². The zero-order chi connectivity index (χ0) is 16.5. The van der Waals surface area contributed by atoms with Gasteiger partial charge in [-0.3, -0.25) is 9.59 Å². The van der Waals surface area contributed by atoms with Crippen molar-refractivity contribution < 1.29 is 9.59 Å². The molecule has 1 atom stereocenters. The van der Waals surface area contributed by atoms with Crippen molar-refractivity contribution >= 4 is 22.8 Å². The van der Waals surface area contributed by atoms with E-state index in [0.717, 1.165) is 16.6 Å². The van der Waals surface area contributed by atoms with E-state index in [-0.39, 0.29) is 11.8 Å². The molecule has 0 aliphatic carbocycles. The second kappa shape index (κ2) is 5.81. The molecule has 1 saturated heterocycles. The Hall–Kier alpha value is -3.15. The molecule has 2 N–H and O–H groups in total. The molecule has 3 aromatic rings. The smallest absolute Gasteiger partial charge is 0.254 e. The predicted molar refractivity (Wildman–Crippen MR) is 89.3 cm³/mol. The van der Waals surface area contributed by atoms with Gasteiger partial charge >= 0.3 is 0 Å². The quantitative estimate of drug-likeness (QED) is 0.757. The van der Waals surface area contributed by atoms with Crippen molar-refractivity contribution in [2.45, 2.75) is 6.04 Å². The van der Waals surface area contributed by atoms with E-state index >= 15 is 0 Å².